The van der Waals surface area contributed by atoms with Crippen LogP contribution < -0.4 is 5.32 Å². The lowest BCUT2D eigenvalue weighted by molar-refractivity contribution is 0.101. The third-order valence-corrected chi connectivity index (χ3v) is 4.38. The van der Waals surface area contributed by atoms with Gasteiger partial charge in [-0.1, -0.05) is 46.8 Å². The number of nitrogens with zero attached hydrogens (tertiary/aromatic N) is 2. The van der Waals surface area contributed by atoms with E-state index < -0.39 is 0 Å². The van der Waals surface area contributed by atoms with Crippen molar-refractivity contribution in [3.05, 3.63) is 53.9 Å². The number of nitrogens with one attached hydrogen (secondary N) is 1. The van der Waals surface area contributed by atoms with Crippen molar-refractivity contribution in [3.8, 4) is 0 Å². The van der Waals surface area contributed by atoms with Crippen molar-refractivity contribution in [2.24, 2.45) is 0 Å². The summed E-state index contributed by atoms with van der Waals surface area (Å²) < 4.78 is 5.97. The highest BCUT2D eigenvalue weighted by atomic mass is 32.1. The Labute approximate surface area is 129 Å². The zero-order valence-corrected chi connectivity index (χ0v) is 12.5. The molecule has 0 saturated heterocycles. The summed E-state index contributed by atoms with van der Waals surface area (Å²) in [4.78, 5) is 16.6. The Morgan fingerprint density at radius 2 is 2.09 bits per heavy atom. The lowest BCUT2D eigenvalue weighted by atomic mass is 10.1. The van der Waals surface area contributed by atoms with E-state index in [0.717, 1.165) is 21.0 Å². The van der Waals surface area contributed by atoms with Crippen LogP contribution in [0.4, 0.5) is 5.13 Å². The van der Waals surface area contributed by atoms with Gasteiger partial charge in [0.05, 0.1) is 10.2 Å². The molecule has 6 heteroatoms. The standard InChI is InChI=1S/C16H11N3O2S/c1-9-8-13(19-21-9)15(20)18-16-17-12-7-6-10-4-2-3-5-11(10)14(12)22-16/h2-8H,1H3,(H,17,18,20). The summed E-state index contributed by atoms with van der Waals surface area (Å²) in [6, 6.07) is 13.7. The van der Waals surface area contributed by atoms with Crippen LogP contribution in [-0.2, 0) is 0 Å². The molecule has 1 N–H and O–H groups in total. The van der Waals surface area contributed by atoms with Crippen LogP contribution in [0, 0.1) is 6.92 Å². The molecule has 1 amide bonds. The molecule has 0 aliphatic heterocycles. The van der Waals surface area contributed by atoms with Gasteiger partial charge in [0, 0.05) is 11.5 Å². The molecule has 0 spiro atoms. The molecular weight excluding hydrogens is 298 g/mol. The van der Waals surface area contributed by atoms with Gasteiger partial charge in [-0.2, -0.15) is 0 Å². The number of thiazole rings is 1. The second-order valence-electron chi connectivity index (χ2n) is 4.93. The Bertz CT molecular complexity index is 1000. The molecule has 5 nitrogen and oxygen atoms in total. The van der Waals surface area contributed by atoms with Crippen LogP contribution in [-0.4, -0.2) is 16.0 Å². The number of hydrogen-bond acceptors (Lipinski definition) is 5. The van der Waals surface area contributed by atoms with Crippen LogP contribution in [0.2, 0.25) is 0 Å². The van der Waals surface area contributed by atoms with Crippen molar-refractivity contribution in [2.75, 3.05) is 5.32 Å². The van der Waals surface area contributed by atoms with Crippen molar-refractivity contribution in [2.45, 2.75) is 6.92 Å². The van der Waals surface area contributed by atoms with Gasteiger partial charge in [-0.3, -0.25) is 10.1 Å². The molecule has 0 unspecified atom stereocenters. The van der Waals surface area contributed by atoms with E-state index in [0.29, 0.717) is 10.9 Å². The maximum atomic E-state index is 12.1. The fourth-order valence-electron chi connectivity index (χ4n) is 2.34. The molecule has 0 aliphatic carbocycles. The van der Waals surface area contributed by atoms with Crippen LogP contribution in [0.5, 0.6) is 0 Å². The van der Waals surface area contributed by atoms with Gasteiger partial charge in [0.15, 0.2) is 10.8 Å². The number of amides is 1. The molecule has 0 bridgehead atoms. The summed E-state index contributed by atoms with van der Waals surface area (Å²) in [6.45, 7) is 1.74. The topological polar surface area (TPSA) is 68.0 Å². The van der Waals surface area contributed by atoms with E-state index in [-0.39, 0.29) is 11.6 Å². The summed E-state index contributed by atoms with van der Waals surface area (Å²) >= 11 is 1.46. The molecule has 0 atom stereocenters. The zero-order chi connectivity index (χ0) is 15.1. The normalized spacial score (nSPS) is 11.1. The maximum absolute atomic E-state index is 12.1. The van der Waals surface area contributed by atoms with E-state index in [4.69, 9.17) is 4.52 Å². The van der Waals surface area contributed by atoms with Crippen molar-refractivity contribution in [3.63, 3.8) is 0 Å². The van der Waals surface area contributed by atoms with Crippen molar-refractivity contribution in [1.82, 2.24) is 10.1 Å². The average molecular weight is 309 g/mol. The lowest BCUT2D eigenvalue weighted by Crippen LogP contribution is -2.11. The van der Waals surface area contributed by atoms with Gasteiger partial charge in [0.25, 0.3) is 5.91 Å². The number of aromatic nitrogens is 2. The zero-order valence-electron chi connectivity index (χ0n) is 11.7. The number of carbonyl (C=O) groups excluding carboxylic acids is 1. The Morgan fingerprint density at radius 3 is 2.91 bits per heavy atom. The van der Waals surface area contributed by atoms with Crippen LogP contribution in [0.1, 0.15) is 16.2 Å². The number of benzene rings is 2. The highest BCUT2D eigenvalue weighted by Crippen LogP contribution is 2.32. The van der Waals surface area contributed by atoms with E-state index >= 15 is 0 Å². The fourth-order valence-corrected chi connectivity index (χ4v) is 3.34. The van der Waals surface area contributed by atoms with E-state index in [1.165, 1.54) is 11.3 Å². The molecule has 0 fully saturated rings. The van der Waals surface area contributed by atoms with Crippen molar-refractivity contribution in [1.29, 1.82) is 0 Å². The van der Waals surface area contributed by atoms with Gasteiger partial charge in [0.1, 0.15) is 5.76 Å². The van der Waals surface area contributed by atoms with Gasteiger partial charge in [0.2, 0.25) is 0 Å². The van der Waals surface area contributed by atoms with Crippen LogP contribution >= 0.6 is 11.3 Å². The molecule has 4 rings (SSSR count). The monoisotopic (exact) mass is 309 g/mol. The first-order chi connectivity index (χ1) is 10.7. The third-order valence-electron chi connectivity index (χ3n) is 3.36. The molecule has 2 aromatic heterocycles. The molecule has 2 aromatic carbocycles. The minimum Gasteiger partial charge on any atom is -0.361 e. The van der Waals surface area contributed by atoms with Crippen molar-refractivity contribution < 1.29 is 9.32 Å². The van der Waals surface area contributed by atoms with Gasteiger partial charge in [-0.25, -0.2) is 4.98 Å². The lowest BCUT2D eigenvalue weighted by Gasteiger charge is -1.96. The van der Waals surface area contributed by atoms with Gasteiger partial charge in [-0.15, -0.1) is 0 Å². The number of fused-ring (bicyclic) bond motifs is 3. The molecule has 0 aliphatic rings. The minimum atomic E-state index is -0.319. The quantitative estimate of drug-likeness (QED) is 0.607. The summed E-state index contributed by atoms with van der Waals surface area (Å²) in [5, 5.41) is 9.32. The summed E-state index contributed by atoms with van der Waals surface area (Å²) in [7, 11) is 0. The molecule has 108 valence electrons. The second-order valence-corrected chi connectivity index (χ2v) is 5.93. The summed E-state index contributed by atoms with van der Waals surface area (Å²) in [5.41, 5.74) is 1.12. The fraction of sp³-hybridized carbons (Fsp3) is 0.0625. The highest BCUT2D eigenvalue weighted by Gasteiger charge is 2.14. The Kier molecular flexibility index (Phi) is 2.90. The number of anilines is 1. The van der Waals surface area contributed by atoms with E-state index in [1.54, 1.807) is 13.0 Å². The first-order valence-corrected chi connectivity index (χ1v) is 7.55. The summed E-state index contributed by atoms with van der Waals surface area (Å²) in [6.07, 6.45) is 0. The predicted molar refractivity (Wildman–Crippen MR) is 86.3 cm³/mol. The molecular formula is C16H11N3O2S. The molecule has 2 heterocycles. The third kappa shape index (κ3) is 2.14. The molecule has 0 radical (unpaired) electrons. The smallest absolute Gasteiger partial charge is 0.279 e. The highest BCUT2D eigenvalue weighted by molar-refractivity contribution is 7.23. The average Bonchev–Trinajstić information content (AvgIpc) is 3.13. The first kappa shape index (κ1) is 13.0. The number of hydrogen-bond donors (Lipinski definition) is 1. The predicted octanol–water partition coefficient (Wildman–Crippen LogP) is 4.00. The van der Waals surface area contributed by atoms with Crippen molar-refractivity contribution >= 4 is 43.4 Å². The van der Waals surface area contributed by atoms with Crippen LogP contribution in [0.15, 0.2) is 47.0 Å². The largest absolute Gasteiger partial charge is 0.361 e. The van der Waals surface area contributed by atoms with Crippen LogP contribution in [0.25, 0.3) is 21.0 Å². The van der Waals surface area contributed by atoms with E-state index in [1.807, 2.05) is 24.3 Å². The Hall–Kier alpha value is -2.73. The molecule has 4 aromatic rings. The first-order valence-electron chi connectivity index (χ1n) is 6.74. The molecule has 0 saturated carbocycles. The summed E-state index contributed by atoms with van der Waals surface area (Å²) in [5.74, 6) is 0.278. The number of aryl methyl sites for hydroxylation is 1. The van der Waals surface area contributed by atoms with Gasteiger partial charge < -0.3 is 4.52 Å². The SMILES string of the molecule is Cc1cc(C(=O)Nc2nc3ccc4ccccc4c3s2)no1. The Morgan fingerprint density at radius 1 is 1.23 bits per heavy atom. The van der Waals surface area contributed by atoms with E-state index in [9.17, 15) is 4.79 Å². The van der Waals surface area contributed by atoms with Crippen LogP contribution in [0.3, 0.4) is 0 Å². The number of carbonyl (C=O) groups is 1. The molecule has 22 heavy (non-hydrogen) atoms. The maximum Gasteiger partial charge on any atom is 0.279 e. The second kappa shape index (κ2) is 4.92. The number of rotatable bonds is 2. The van der Waals surface area contributed by atoms with E-state index in [2.05, 4.69) is 27.6 Å². The van der Waals surface area contributed by atoms with Gasteiger partial charge in [-0.05, 0) is 18.4 Å². The van der Waals surface area contributed by atoms with Gasteiger partial charge >= 0.3 is 0 Å². The Balaban J connectivity index is 1.73. The minimum absolute atomic E-state index is 0.251.